The van der Waals surface area contributed by atoms with Gasteiger partial charge in [0.1, 0.15) is 6.17 Å². The molecule has 0 saturated carbocycles. The van der Waals surface area contributed by atoms with Crippen LogP contribution >= 0.6 is 11.6 Å². The quantitative estimate of drug-likeness (QED) is 0.444. The van der Waals surface area contributed by atoms with Gasteiger partial charge in [0.25, 0.3) is 11.6 Å². The van der Waals surface area contributed by atoms with E-state index in [1.807, 2.05) is 42.6 Å². The molecule has 3 heterocycles. The number of nitro groups is 1. The number of nitrogens with zero attached hydrogens (tertiary/aromatic N) is 3. The van der Waals surface area contributed by atoms with Crippen LogP contribution < -0.4 is 10.7 Å². The maximum absolute atomic E-state index is 13.1. The van der Waals surface area contributed by atoms with Crippen LogP contribution in [0.15, 0.2) is 79.1 Å². The number of non-ortho nitro benzene ring substituents is 1. The van der Waals surface area contributed by atoms with Gasteiger partial charge in [-0.15, -0.1) is 0 Å². The van der Waals surface area contributed by atoms with E-state index in [0.29, 0.717) is 22.7 Å². The van der Waals surface area contributed by atoms with E-state index >= 15 is 0 Å². The second-order valence-electron chi connectivity index (χ2n) is 8.04. The number of hydrogen-bond donors (Lipinski definition) is 2. The van der Waals surface area contributed by atoms with Gasteiger partial charge in [-0.2, -0.15) is 0 Å². The summed E-state index contributed by atoms with van der Waals surface area (Å²) < 4.78 is 0. The van der Waals surface area contributed by atoms with Crippen LogP contribution in [-0.4, -0.2) is 33.0 Å². The molecule has 2 aliphatic heterocycles. The van der Waals surface area contributed by atoms with Gasteiger partial charge in [0.2, 0.25) is 0 Å². The number of nitro benzene ring substituents is 1. The van der Waals surface area contributed by atoms with E-state index in [4.69, 9.17) is 11.6 Å². The molecule has 3 aromatic rings. The van der Waals surface area contributed by atoms with Crippen LogP contribution in [0.3, 0.4) is 0 Å². The van der Waals surface area contributed by atoms with E-state index in [1.54, 1.807) is 23.3 Å². The fraction of sp³-hybridized carbons (Fsp3) is 0.167. The molecule has 1 aromatic heterocycles. The topological polar surface area (TPSA) is 100 Å². The first kappa shape index (κ1) is 21.1. The van der Waals surface area contributed by atoms with Gasteiger partial charge < -0.3 is 5.32 Å². The molecule has 8 nitrogen and oxygen atoms in total. The number of hydrogen-bond acceptors (Lipinski definition) is 6. The van der Waals surface area contributed by atoms with Gasteiger partial charge in [0, 0.05) is 53.3 Å². The Labute approximate surface area is 195 Å². The predicted octanol–water partition coefficient (Wildman–Crippen LogP) is 3.66. The molecule has 2 aliphatic rings. The molecular formula is C24H20ClN5O3. The van der Waals surface area contributed by atoms with Crippen molar-refractivity contribution < 1.29 is 9.72 Å². The van der Waals surface area contributed by atoms with Gasteiger partial charge in [0.05, 0.1) is 4.92 Å². The van der Waals surface area contributed by atoms with Crippen molar-refractivity contribution in [2.75, 3.05) is 0 Å². The van der Waals surface area contributed by atoms with Crippen LogP contribution in [0.25, 0.3) is 5.70 Å². The van der Waals surface area contributed by atoms with E-state index in [9.17, 15) is 14.9 Å². The number of rotatable bonds is 5. The van der Waals surface area contributed by atoms with E-state index in [0.717, 1.165) is 11.1 Å². The first-order valence-corrected chi connectivity index (χ1v) is 10.8. The monoisotopic (exact) mass is 461 g/mol. The second-order valence-corrected chi connectivity index (χ2v) is 8.47. The molecule has 0 radical (unpaired) electrons. The van der Waals surface area contributed by atoms with Crippen molar-refractivity contribution in [3.05, 3.63) is 111 Å². The molecule has 166 valence electrons. The molecule has 1 amide bonds. The zero-order valence-corrected chi connectivity index (χ0v) is 18.1. The van der Waals surface area contributed by atoms with E-state index in [1.165, 1.54) is 18.2 Å². The smallest absolute Gasteiger partial charge is 0.269 e. The highest BCUT2D eigenvalue weighted by Crippen LogP contribution is 2.36. The van der Waals surface area contributed by atoms with Crippen molar-refractivity contribution in [2.45, 2.75) is 24.5 Å². The van der Waals surface area contributed by atoms with Gasteiger partial charge in [-0.05, 0) is 53.4 Å². The summed E-state index contributed by atoms with van der Waals surface area (Å²) in [5.74, 6) is -0.257. The number of halogens is 1. The van der Waals surface area contributed by atoms with Crippen LogP contribution in [0, 0.1) is 10.1 Å². The number of pyridine rings is 1. The Morgan fingerprint density at radius 2 is 1.85 bits per heavy atom. The van der Waals surface area contributed by atoms with Gasteiger partial charge in [-0.3, -0.25) is 24.9 Å². The zero-order valence-electron chi connectivity index (χ0n) is 17.4. The van der Waals surface area contributed by atoms with Crippen molar-refractivity contribution in [3.63, 3.8) is 0 Å². The molecule has 9 heteroatoms. The minimum Gasteiger partial charge on any atom is -0.363 e. The summed E-state index contributed by atoms with van der Waals surface area (Å²) in [6, 6.07) is 17.6. The molecular weight excluding hydrogens is 442 g/mol. The normalized spacial score (nSPS) is 21.8. The number of aromatic nitrogens is 1. The largest absolute Gasteiger partial charge is 0.363 e. The summed E-state index contributed by atoms with van der Waals surface area (Å²) in [4.78, 5) is 27.8. The van der Waals surface area contributed by atoms with Crippen LogP contribution in [0.5, 0.6) is 0 Å². The molecule has 1 saturated heterocycles. The lowest BCUT2D eigenvalue weighted by Gasteiger charge is -2.33. The van der Waals surface area contributed by atoms with Crippen molar-refractivity contribution in [3.8, 4) is 0 Å². The Morgan fingerprint density at radius 1 is 1.09 bits per heavy atom. The zero-order chi connectivity index (χ0) is 22.9. The van der Waals surface area contributed by atoms with Crippen molar-refractivity contribution in [2.24, 2.45) is 0 Å². The SMILES string of the molecule is O=C1C=C(c2ccc([N+](=O)[O-])cc2)NC2C(c3ccc(Cl)cc3)C(Cc3cccnc3)NN12. The van der Waals surface area contributed by atoms with Gasteiger partial charge in [-0.25, -0.2) is 5.43 Å². The van der Waals surface area contributed by atoms with Crippen LogP contribution in [0.1, 0.15) is 22.6 Å². The van der Waals surface area contributed by atoms with Gasteiger partial charge in [-0.1, -0.05) is 29.8 Å². The van der Waals surface area contributed by atoms with Gasteiger partial charge >= 0.3 is 0 Å². The lowest BCUT2D eigenvalue weighted by molar-refractivity contribution is -0.384. The number of nitrogens with one attached hydrogen (secondary N) is 2. The van der Waals surface area contributed by atoms with Crippen molar-refractivity contribution >= 4 is 28.9 Å². The Balaban J connectivity index is 1.48. The van der Waals surface area contributed by atoms with Crippen molar-refractivity contribution in [1.82, 2.24) is 20.7 Å². The highest BCUT2D eigenvalue weighted by molar-refractivity contribution is 6.30. The highest BCUT2D eigenvalue weighted by Gasteiger charge is 2.46. The Bertz CT molecular complexity index is 1220. The predicted molar refractivity (Wildman–Crippen MR) is 124 cm³/mol. The molecule has 3 unspecified atom stereocenters. The maximum atomic E-state index is 13.1. The summed E-state index contributed by atoms with van der Waals surface area (Å²) in [5.41, 5.74) is 6.81. The lowest BCUT2D eigenvalue weighted by atomic mass is 9.86. The van der Waals surface area contributed by atoms with Crippen LogP contribution in [-0.2, 0) is 11.2 Å². The highest BCUT2D eigenvalue weighted by atomic mass is 35.5. The third-order valence-electron chi connectivity index (χ3n) is 5.99. The summed E-state index contributed by atoms with van der Waals surface area (Å²) in [5, 5.41) is 16.7. The molecule has 0 aliphatic carbocycles. The molecule has 3 atom stereocenters. The summed E-state index contributed by atoms with van der Waals surface area (Å²) in [7, 11) is 0. The third kappa shape index (κ3) is 4.18. The number of benzene rings is 2. The Hall–Kier alpha value is -3.75. The first-order chi connectivity index (χ1) is 16.0. The number of carbonyl (C=O) groups excluding carboxylic acids is 1. The molecule has 5 rings (SSSR count). The molecule has 2 aromatic carbocycles. The average molecular weight is 462 g/mol. The summed E-state index contributed by atoms with van der Waals surface area (Å²) >= 11 is 6.12. The second kappa shape index (κ2) is 8.65. The average Bonchev–Trinajstić information content (AvgIpc) is 3.19. The maximum Gasteiger partial charge on any atom is 0.269 e. The fourth-order valence-electron chi connectivity index (χ4n) is 4.44. The minimum absolute atomic E-state index is 0.00113. The molecule has 0 bridgehead atoms. The summed E-state index contributed by atoms with van der Waals surface area (Å²) in [6.07, 6.45) is 5.40. The number of carbonyl (C=O) groups is 1. The van der Waals surface area contributed by atoms with E-state index in [-0.39, 0.29) is 29.7 Å². The Morgan fingerprint density at radius 3 is 2.52 bits per heavy atom. The third-order valence-corrected chi connectivity index (χ3v) is 6.24. The fourth-order valence-corrected chi connectivity index (χ4v) is 4.57. The summed E-state index contributed by atoms with van der Waals surface area (Å²) in [6.45, 7) is 0. The number of amides is 1. The lowest BCUT2D eigenvalue weighted by Crippen LogP contribution is -2.52. The molecule has 33 heavy (non-hydrogen) atoms. The molecule has 2 N–H and O–H groups in total. The van der Waals surface area contributed by atoms with E-state index in [2.05, 4.69) is 15.7 Å². The first-order valence-electron chi connectivity index (χ1n) is 10.5. The number of hydrazine groups is 1. The van der Waals surface area contributed by atoms with Crippen molar-refractivity contribution in [1.29, 1.82) is 0 Å². The Kier molecular flexibility index (Phi) is 5.53. The minimum atomic E-state index is -0.445. The standard InChI is InChI=1S/C24H20ClN5O3/c25-18-7-3-17(4-8-18)23-21(12-15-2-1-11-26-14-15)28-29-22(31)13-20(27-24(23)29)16-5-9-19(10-6-16)30(32)33/h1-11,13-14,21,23-24,27-28H,12H2. The van der Waals surface area contributed by atoms with E-state index < -0.39 is 4.92 Å². The van der Waals surface area contributed by atoms with Crippen LogP contribution in [0.4, 0.5) is 5.69 Å². The number of fused-ring (bicyclic) bond motifs is 1. The molecule has 0 spiro atoms. The molecule has 1 fully saturated rings. The van der Waals surface area contributed by atoms with Crippen LogP contribution in [0.2, 0.25) is 5.02 Å². The van der Waals surface area contributed by atoms with Gasteiger partial charge in [0.15, 0.2) is 0 Å².